The van der Waals surface area contributed by atoms with Crippen molar-refractivity contribution in [3.63, 3.8) is 0 Å². The molecule has 0 saturated heterocycles. The molecule has 2 fully saturated rings. The Kier molecular flexibility index (Phi) is 6.18. The summed E-state index contributed by atoms with van der Waals surface area (Å²) in [4.78, 5) is 22.4. The minimum absolute atomic E-state index is 0.00247. The summed E-state index contributed by atoms with van der Waals surface area (Å²) in [6, 6.07) is 10.1. The van der Waals surface area contributed by atoms with Crippen molar-refractivity contribution in [1.82, 2.24) is 15.3 Å². The van der Waals surface area contributed by atoms with Crippen molar-refractivity contribution in [2.75, 3.05) is 13.2 Å². The molecule has 7 nitrogen and oxygen atoms in total. The Morgan fingerprint density at radius 2 is 1.86 bits per heavy atom. The number of carbonyl (C=O) groups excluding carboxylic acids is 1. The van der Waals surface area contributed by atoms with E-state index in [-0.39, 0.29) is 41.5 Å². The van der Waals surface area contributed by atoms with Crippen molar-refractivity contribution in [2.45, 2.75) is 56.2 Å². The number of amides is 1. The van der Waals surface area contributed by atoms with Gasteiger partial charge in [-0.2, -0.15) is 13.2 Å². The van der Waals surface area contributed by atoms with E-state index in [0.29, 0.717) is 33.7 Å². The van der Waals surface area contributed by atoms with Crippen LogP contribution in [-0.4, -0.2) is 41.3 Å². The fraction of sp³-hybridized carbons (Fsp3) is 0.387. The summed E-state index contributed by atoms with van der Waals surface area (Å²) in [7, 11) is 0. The van der Waals surface area contributed by atoms with Crippen molar-refractivity contribution >= 4 is 17.0 Å². The van der Waals surface area contributed by atoms with Crippen LogP contribution in [0.4, 0.5) is 17.6 Å². The maximum atomic E-state index is 14.0. The van der Waals surface area contributed by atoms with E-state index < -0.39 is 29.9 Å². The molecule has 3 aliphatic rings. The molecule has 0 spiro atoms. The molecule has 1 aliphatic heterocycles. The van der Waals surface area contributed by atoms with E-state index in [4.69, 9.17) is 18.9 Å². The van der Waals surface area contributed by atoms with Crippen LogP contribution in [-0.2, 0) is 5.41 Å². The lowest BCUT2D eigenvalue weighted by Gasteiger charge is -2.31. The molecule has 2 aliphatic carbocycles. The summed E-state index contributed by atoms with van der Waals surface area (Å²) in [5.41, 5.74) is 1.61. The first-order valence-corrected chi connectivity index (χ1v) is 13.9. The summed E-state index contributed by atoms with van der Waals surface area (Å²) in [6.45, 7) is 1.49. The zero-order chi connectivity index (χ0) is 29.2. The van der Waals surface area contributed by atoms with Gasteiger partial charge in [-0.05, 0) is 74.1 Å². The normalized spacial score (nSPS) is 19.7. The Hall–Kier alpha value is -4.15. The second-order valence-corrected chi connectivity index (χ2v) is 11.6. The van der Waals surface area contributed by atoms with E-state index in [1.54, 1.807) is 12.1 Å². The number of nitrogens with zero attached hydrogens (tertiary/aromatic N) is 2. The number of aromatic nitrogens is 2. The second kappa shape index (κ2) is 9.71. The van der Waals surface area contributed by atoms with Gasteiger partial charge in [0.2, 0.25) is 0 Å². The average molecular weight is 582 g/mol. The number of benzene rings is 2. The highest BCUT2D eigenvalue weighted by molar-refractivity contribution is 5.98. The molecule has 2 saturated carbocycles. The standard InChI is InChI=1S/C31H27F4N3O4/c1-30(18-4-5-18,14-36-29(39)17-10-23-27(37-15-41-23)24(11-17)42-20-8-9-20)25-12-21-22(31(33,34)35)13-40-28(21)26(38-25)16-2-6-19(32)7-3-16/h2-3,6-7,10-12,15,18,20,22H,4-5,8-9,13-14H2,1H3,(H,36,39). The molecule has 4 aromatic rings. The molecule has 0 radical (unpaired) electrons. The molecule has 2 aromatic heterocycles. The van der Waals surface area contributed by atoms with Gasteiger partial charge in [0.15, 0.2) is 17.5 Å². The van der Waals surface area contributed by atoms with Gasteiger partial charge in [0, 0.05) is 34.3 Å². The molecule has 2 atom stereocenters. The van der Waals surface area contributed by atoms with Crippen molar-refractivity contribution in [3.8, 4) is 22.8 Å². The van der Waals surface area contributed by atoms with Crippen LogP contribution >= 0.6 is 0 Å². The third-order valence-electron chi connectivity index (χ3n) is 8.45. The van der Waals surface area contributed by atoms with Crippen LogP contribution in [0.2, 0.25) is 0 Å². The molecular weight excluding hydrogens is 554 g/mol. The van der Waals surface area contributed by atoms with Gasteiger partial charge in [-0.1, -0.05) is 6.92 Å². The molecule has 2 unspecified atom stereocenters. The van der Waals surface area contributed by atoms with E-state index in [9.17, 15) is 22.4 Å². The summed E-state index contributed by atoms with van der Waals surface area (Å²) < 4.78 is 72.8. The van der Waals surface area contributed by atoms with Crippen molar-refractivity contribution < 1.29 is 36.2 Å². The maximum Gasteiger partial charge on any atom is 0.399 e. The van der Waals surface area contributed by atoms with Crippen LogP contribution in [0.15, 0.2) is 53.3 Å². The lowest BCUT2D eigenvalue weighted by atomic mass is 9.79. The van der Waals surface area contributed by atoms with Gasteiger partial charge in [0.1, 0.15) is 35.5 Å². The van der Waals surface area contributed by atoms with Crippen LogP contribution in [0, 0.1) is 11.7 Å². The monoisotopic (exact) mass is 581 g/mol. The Morgan fingerprint density at radius 1 is 1.10 bits per heavy atom. The highest BCUT2D eigenvalue weighted by atomic mass is 19.4. The molecule has 1 N–H and O–H groups in total. The molecule has 42 heavy (non-hydrogen) atoms. The third-order valence-corrected chi connectivity index (χ3v) is 8.45. The van der Waals surface area contributed by atoms with Gasteiger partial charge in [0.05, 0.1) is 6.10 Å². The Balaban J connectivity index is 1.24. The number of oxazole rings is 1. The number of ether oxygens (including phenoxy) is 2. The number of fused-ring (bicyclic) bond motifs is 2. The minimum atomic E-state index is -4.52. The Bertz CT molecular complexity index is 1680. The summed E-state index contributed by atoms with van der Waals surface area (Å²) in [6.07, 6.45) is 0.429. The number of halogens is 4. The van der Waals surface area contributed by atoms with Crippen molar-refractivity contribution in [1.29, 1.82) is 0 Å². The molecule has 3 heterocycles. The highest BCUT2D eigenvalue weighted by Crippen LogP contribution is 2.52. The molecule has 1 amide bonds. The average Bonchev–Trinajstić information content (AvgIpc) is 3.88. The lowest BCUT2D eigenvalue weighted by molar-refractivity contribution is -0.151. The van der Waals surface area contributed by atoms with Crippen LogP contribution in [0.1, 0.15) is 60.1 Å². The third kappa shape index (κ3) is 4.84. The number of pyridine rings is 1. The van der Waals surface area contributed by atoms with Gasteiger partial charge in [-0.3, -0.25) is 4.79 Å². The summed E-state index contributed by atoms with van der Waals surface area (Å²) >= 11 is 0. The van der Waals surface area contributed by atoms with Crippen LogP contribution in [0.25, 0.3) is 22.4 Å². The second-order valence-electron chi connectivity index (χ2n) is 11.6. The fourth-order valence-electron chi connectivity index (χ4n) is 5.64. The van der Waals surface area contributed by atoms with Gasteiger partial charge in [0.25, 0.3) is 5.91 Å². The molecule has 2 aromatic carbocycles. The summed E-state index contributed by atoms with van der Waals surface area (Å²) in [5.74, 6) is -2.04. The fourth-order valence-corrected chi connectivity index (χ4v) is 5.64. The topological polar surface area (TPSA) is 86.5 Å². The smallest absolute Gasteiger partial charge is 0.399 e. The predicted octanol–water partition coefficient (Wildman–Crippen LogP) is 6.71. The van der Waals surface area contributed by atoms with Crippen LogP contribution in [0.3, 0.4) is 0 Å². The zero-order valence-corrected chi connectivity index (χ0v) is 22.6. The first kappa shape index (κ1) is 26.7. The number of carbonyl (C=O) groups is 1. The quantitative estimate of drug-likeness (QED) is 0.233. The number of hydrogen-bond donors (Lipinski definition) is 1. The SMILES string of the molecule is CC(CNC(=O)c1cc(OC2CC2)c2ncoc2c1)(c1cc2c(c(-c3ccc(F)cc3)n1)OCC2C(F)(F)F)C1CC1. The number of nitrogens with one attached hydrogen (secondary N) is 1. The van der Waals surface area contributed by atoms with Crippen LogP contribution < -0.4 is 14.8 Å². The van der Waals surface area contributed by atoms with Gasteiger partial charge in [-0.25, -0.2) is 14.4 Å². The lowest BCUT2D eigenvalue weighted by Crippen LogP contribution is -2.41. The highest BCUT2D eigenvalue weighted by Gasteiger charge is 2.50. The van der Waals surface area contributed by atoms with E-state index in [1.165, 1.54) is 36.7 Å². The molecule has 0 bridgehead atoms. The van der Waals surface area contributed by atoms with Gasteiger partial charge >= 0.3 is 6.18 Å². The first-order valence-electron chi connectivity index (χ1n) is 13.9. The van der Waals surface area contributed by atoms with Gasteiger partial charge < -0.3 is 19.2 Å². The van der Waals surface area contributed by atoms with E-state index >= 15 is 0 Å². The Morgan fingerprint density at radius 3 is 2.55 bits per heavy atom. The molecule has 7 rings (SSSR count). The maximum absolute atomic E-state index is 14.0. The first-order chi connectivity index (χ1) is 20.1. The number of hydrogen-bond acceptors (Lipinski definition) is 6. The molecule has 218 valence electrons. The Labute approximate surface area is 238 Å². The predicted molar refractivity (Wildman–Crippen MR) is 144 cm³/mol. The number of rotatable bonds is 8. The minimum Gasteiger partial charge on any atom is -0.490 e. The van der Waals surface area contributed by atoms with E-state index in [0.717, 1.165) is 25.7 Å². The largest absolute Gasteiger partial charge is 0.490 e. The van der Waals surface area contributed by atoms with Crippen LogP contribution in [0.5, 0.6) is 11.5 Å². The van der Waals surface area contributed by atoms with Gasteiger partial charge in [-0.15, -0.1) is 0 Å². The zero-order valence-electron chi connectivity index (χ0n) is 22.6. The molecular formula is C31H27F4N3O4. The van der Waals surface area contributed by atoms with Crippen molar-refractivity contribution in [3.05, 3.63) is 71.5 Å². The molecule has 11 heteroatoms. The van der Waals surface area contributed by atoms with E-state index in [2.05, 4.69) is 10.3 Å². The van der Waals surface area contributed by atoms with E-state index in [1.807, 2.05) is 6.92 Å². The number of alkyl halides is 3. The summed E-state index contributed by atoms with van der Waals surface area (Å²) in [5, 5.41) is 2.99. The van der Waals surface area contributed by atoms with Crippen molar-refractivity contribution in [2.24, 2.45) is 5.92 Å².